The molecule has 0 bridgehead atoms. The predicted molar refractivity (Wildman–Crippen MR) is 105 cm³/mol. The SMILES string of the molecule is O=C(OCC(=O)c1ccccc1)/C(=N/Nc1ccccc1)c1ccccc1. The van der Waals surface area contributed by atoms with Gasteiger partial charge in [0.15, 0.2) is 18.1 Å². The molecule has 0 aromatic heterocycles. The van der Waals surface area contributed by atoms with Crippen LogP contribution in [0.25, 0.3) is 0 Å². The summed E-state index contributed by atoms with van der Waals surface area (Å²) in [7, 11) is 0. The van der Waals surface area contributed by atoms with Crippen molar-refractivity contribution in [2.24, 2.45) is 5.10 Å². The molecule has 3 rings (SSSR count). The standard InChI is InChI=1S/C22H18N2O3/c25-20(17-10-4-1-5-11-17)16-27-22(26)21(18-12-6-2-7-13-18)24-23-19-14-8-3-9-15-19/h1-15,23H,16H2/b24-21+. The summed E-state index contributed by atoms with van der Waals surface area (Å²) in [5.74, 6) is -0.943. The summed E-state index contributed by atoms with van der Waals surface area (Å²) in [6.45, 7) is -0.347. The van der Waals surface area contributed by atoms with Crippen LogP contribution < -0.4 is 5.43 Å². The first-order valence-corrected chi connectivity index (χ1v) is 8.43. The molecule has 0 radical (unpaired) electrons. The number of Topliss-reactive ketones (excluding diaryl/α,β-unsaturated/α-hetero) is 1. The first kappa shape index (κ1) is 18.1. The van der Waals surface area contributed by atoms with Crippen LogP contribution >= 0.6 is 0 Å². The second kappa shape index (κ2) is 9.10. The molecule has 3 aromatic carbocycles. The fourth-order valence-electron chi connectivity index (χ4n) is 2.36. The smallest absolute Gasteiger partial charge is 0.359 e. The third kappa shape index (κ3) is 5.12. The number of hydrogen-bond acceptors (Lipinski definition) is 5. The largest absolute Gasteiger partial charge is 0.452 e. The number of benzene rings is 3. The minimum atomic E-state index is -0.672. The molecule has 0 aliphatic carbocycles. The van der Waals surface area contributed by atoms with Crippen molar-refractivity contribution < 1.29 is 14.3 Å². The third-order valence-corrected chi connectivity index (χ3v) is 3.74. The maximum absolute atomic E-state index is 12.6. The lowest BCUT2D eigenvalue weighted by Gasteiger charge is -2.08. The lowest BCUT2D eigenvalue weighted by Crippen LogP contribution is -2.23. The Kier molecular flexibility index (Phi) is 6.09. The molecule has 5 heteroatoms. The van der Waals surface area contributed by atoms with Crippen LogP contribution in [0.4, 0.5) is 5.69 Å². The molecule has 0 amide bonds. The van der Waals surface area contributed by atoms with Crippen molar-refractivity contribution in [3.63, 3.8) is 0 Å². The summed E-state index contributed by atoms with van der Waals surface area (Å²) in [6.07, 6.45) is 0. The Hall–Kier alpha value is -3.73. The number of anilines is 1. The summed E-state index contributed by atoms with van der Waals surface area (Å²) < 4.78 is 5.20. The summed E-state index contributed by atoms with van der Waals surface area (Å²) in [5, 5.41) is 4.20. The van der Waals surface area contributed by atoms with Gasteiger partial charge in [-0.05, 0) is 12.1 Å². The number of hydrogen-bond donors (Lipinski definition) is 1. The Balaban J connectivity index is 1.74. The molecule has 27 heavy (non-hydrogen) atoms. The van der Waals surface area contributed by atoms with Gasteiger partial charge >= 0.3 is 5.97 Å². The van der Waals surface area contributed by atoms with E-state index in [1.807, 2.05) is 42.5 Å². The van der Waals surface area contributed by atoms with E-state index in [2.05, 4.69) is 10.5 Å². The van der Waals surface area contributed by atoms with Crippen LogP contribution in [0.3, 0.4) is 0 Å². The second-order valence-electron chi connectivity index (χ2n) is 5.67. The van der Waals surface area contributed by atoms with Crippen LogP contribution in [-0.4, -0.2) is 24.1 Å². The number of carbonyl (C=O) groups excluding carboxylic acids is 2. The minimum Gasteiger partial charge on any atom is -0.452 e. The second-order valence-corrected chi connectivity index (χ2v) is 5.67. The molecule has 0 heterocycles. The molecule has 0 saturated carbocycles. The van der Waals surface area contributed by atoms with Gasteiger partial charge in [-0.15, -0.1) is 0 Å². The molecular weight excluding hydrogens is 340 g/mol. The predicted octanol–water partition coefficient (Wildman–Crippen LogP) is 3.93. The van der Waals surface area contributed by atoms with Gasteiger partial charge in [0.25, 0.3) is 0 Å². The number of nitrogens with zero attached hydrogens (tertiary/aromatic N) is 1. The number of ketones is 1. The summed E-state index contributed by atoms with van der Waals surface area (Å²) in [4.78, 5) is 24.7. The Morgan fingerprint density at radius 1 is 0.741 bits per heavy atom. The van der Waals surface area contributed by atoms with Crippen molar-refractivity contribution in [3.05, 3.63) is 102 Å². The van der Waals surface area contributed by atoms with Crippen molar-refractivity contribution >= 4 is 23.2 Å². The van der Waals surface area contributed by atoms with Crippen molar-refractivity contribution in [3.8, 4) is 0 Å². The van der Waals surface area contributed by atoms with Gasteiger partial charge in [-0.3, -0.25) is 10.2 Å². The first-order chi connectivity index (χ1) is 13.2. The molecule has 0 fully saturated rings. The van der Waals surface area contributed by atoms with Crippen LogP contribution in [0, 0.1) is 0 Å². The topological polar surface area (TPSA) is 67.8 Å². The van der Waals surface area contributed by atoms with Gasteiger partial charge < -0.3 is 4.74 Å². The van der Waals surface area contributed by atoms with Gasteiger partial charge in [-0.2, -0.15) is 5.10 Å². The molecule has 0 saturated heterocycles. The number of esters is 1. The molecule has 0 spiro atoms. The lowest BCUT2D eigenvalue weighted by atomic mass is 10.1. The van der Waals surface area contributed by atoms with E-state index in [1.165, 1.54) is 0 Å². The normalized spacial score (nSPS) is 10.9. The summed E-state index contributed by atoms with van der Waals surface area (Å²) >= 11 is 0. The average molecular weight is 358 g/mol. The van der Waals surface area contributed by atoms with Crippen LogP contribution in [0.2, 0.25) is 0 Å². The molecular formula is C22H18N2O3. The van der Waals surface area contributed by atoms with E-state index in [0.29, 0.717) is 11.1 Å². The van der Waals surface area contributed by atoms with Crippen molar-refractivity contribution in [2.75, 3.05) is 12.0 Å². The van der Waals surface area contributed by atoms with E-state index in [9.17, 15) is 9.59 Å². The maximum Gasteiger partial charge on any atom is 0.359 e. The zero-order valence-corrected chi connectivity index (χ0v) is 14.5. The van der Waals surface area contributed by atoms with Crippen LogP contribution in [0.1, 0.15) is 15.9 Å². The van der Waals surface area contributed by atoms with E-state index in [1.54, 1.807) is 48.5 Å². The zero-order chi connectivity index (χ0) is 18.9. The molecule has 134 valence electrons. The van der Waals surface area contributed by atoms with E-state index in [4.69, 9.17) is 4.74 Å². The van der Waals surface area contributed by atoms with Gasteiger partial charge in [-0.25, -0.2) is 4.79 Å². The fraction of sp³-hybridized carbons (Fsp3) is 0.0455. The van der Waals surface area contributed by atoms with Crippen molar-refractivity contribution in [1.82, 2.24) is 0 Å². The molecule has 0 aliphatic rings. The Morgan fingerprint density at radius 2 is 1.26 bits per heavy atom. The third-order valence-electron chi connectivity index (χ3n) is 3.74. The van der Waals surface area contributed by atoms with E-state index in [-0.39, 0.29) is 18.1 Å². The molecule has 0 atom stereocenters. The van der Waals surface area contributed by atoms with Crippen LogP contribution in [-0.2, 0) is 9.53 Å². The molecule has 0 unspecified atom stereocenters. The number of hydrazone groups is 1. The average Bonchev–Trinajstić information content (AvgIpc) is 2.74. The van der Waals surface area contributed by atoms with Crippen molar-refractivity contribution in [1.29, 1.82) is 0 Å². The van der Waals surface area contributed by atoms with Gasteiger partial charge in [0, 0.05) is 11.1 Å². The molecule has 5 nitrogen and oxygen atoms in total. The summed E-state index contributed by atoms with van der Waals surface area (Å²) in [5.41, 5.74) is 4.77. The van der Waals surface area contributed by atoms with E-state index >= 15 is 0 Å². The van der Waals surface area contributed by atoms with E-state index < -0.39 is 5.97 Å². The fourth-order valence-corrected chi connectivity index (χ4v) is 2.36. The Labute approximate surface area is 157 Å². The van der Waals surface area contributed by atoms with Crippen molar-refractivity contribution in [2.45, 2.75) is 0 Å². The maximum atomic E-state index is 12.6. The Morgan fingerprint density at radius 3 is 1.85 bits per heavy atom. The highest BCUT2D eigenvalue weighted by atomic mass is 16.5. The number of para-hydroxylation sites is 1. The lowest BCUT2D eigenvalue weighted by molar-refractivity contribution is -0.134. The quantitative estimate of drug-likeness (QED) is 0.301. The monoisotopic (exact) mass is 358 g/mol. The molecule has 3 aromatic rings. The van der Waals surface area contributed by atoms with Gasteiger partial charge in [-0.1, -0.05) is 78.9 Å². The van der Waals surface area contributed by atoms with Gasteiger partial charge in [0.2, 0.25) is 0 Å². The number of rotatable bonds is 7. The van der Waals surface area contributed by atoms with Gasteiger partial charge in [0.1, 0.15) is 0 Å². The minimum absolute atomic E-state index is 0.0975. The Bertz CT molecular complexity index is 924. The molecule has 1 N–H and O–H groups in total. The zero-order valence-electron chi connectivity index (χ0n) is 14.5. The first-order valence-electron chi connectivity index (χ1n) is 8.43. The van der Waals surface area contributed by atoms with Crippen LogP contribution in [0.15, 0.2) is 96.1 Å². The van der Waals surface area contributed by atoms with Crippen LogP contribution in [0.5, 0.6) is 0 Å². The molecule has 0 aliphatic heterocycles. The van der Waals surface area contributed by atoms with Gasteiger partial charge in [0.05, 0.1) is 5.69 Å². The number of carbonyl (C=O) groups is 2. The van der Waals surface area contributed by atoms with E-state index in [0.717, 1.165) is 5.69 Å². The number of ether oxygens (including phenoxy) is 1. The highest BCUT2D eigenvalue weighted by molar-refractivity contribution is 6.43. The summed E-state index contributed by atoms with van der Waals surface area (Å²) in [6, 6.07) is 26.9. The number of nitrogens with one attached hydrogen (secondary N) is 1. The highest BCUT2D eigenvalue weighted by Gasteiger charge is 2.18. The highest BCUT2D eigenvalue weighted by Crippen LogP contribution is 2.09.